The summed E-state index contributed by atoms with van der Waals surface area (Å²) in [5.74, 6) is 0.981. The van der Waals surface area contributed by atoms with Gasteiger partial charge in [-0.2, -0.15) is 0 Å². The third-order valence-corrected chi connectivity index (χ3v) is 4.86. The van der Waals surface area contributed by atoms with Gasteiger partial charge >= 0.3 is 0 Å². The zero-order valence-electron chi connectivity index (χ0n) is 13.9. The quantitative estimate of drug-likeness (QED) is 0.784. The minimum absolute atomic E-state index is 0.0118. The molecule has 1 aliphatic carbocycles. The topological polar surface area (TPSA) is 41.6 Å². The Hall–Kier alpha value is -0.610. The molecule has 1 amide bonds. The minimum atomic E-state index is 0.0118. The van der Waals surface area contributed by atoms with Crippen LogP contribution >= 0.6 is 0 Å². The molecule has 0 aromatic carbocycles. The number of likely N-dealkylation sites (N-methyl/N-ethyl adjacent to an activating group) is 1. The predicted octanol–water partition coefficient (Wildman–Crippen LogP) is 2.43. The summed E-state index contributed by atoms with van der Waals surface area (Å²) in [6.45, 7) is 9.63. The van der Waals surface area contributed by atoms with Crippen LogP contribution in [0.15, 0.2) is 0 Å². The third-order valence-electron chi connectivity index (χ3n) is 4.86. The summed E-state index contributed by atoms with van der Waals surface area (Å²) >= 11 is 0. The van der Waals surface area contributed by atoms with Gasteiger partial charge in [0.05, 0.1) is 19.1 Å². The molecule has 2 atom stereocenters. The van der Waals surface area contributed by atoms with Crippen LogP contribution in [0.3, 0.4) is 0 Å². The highest BCUT2D eigenvalue weighted by Crippen LogP contribution is 2.27. The molecule has 1 heterocycles. The molecule has 4 heteroatoms. The van der Waals surface area contributed by atoms with E-state index in [2.05, 4.69) is 31.0 Å². The van der Waals surface area contributed by atoms with Gasteiger partial charge in [-0.05, 0) is 31.7 Å². The van der Waals surface area contributed by atoms with Crippen molar-refractivity contribution in [1.82, 2.24) is 10.2 Å². The van der Waals surface area contributed by atoms with Crippen LogP contribution in [0.25, 0.3) is 0 Å². The fourth-order valence-corrected chi connectivity index (χ4v) is 3.56. The standard InChI is InChI=1S/C17H32N2O2/c1-4-18-16-12-21-11-15(16)17(20)19(10-9-13(2)3)14-7-5-6-8-14/h13-16,18H,4-12H2,1-3H3. The molecule has 1 saturated heterocycles. The van der Waals surface area contributed by atoms with E-state index >= 15 is 0 Å². The SMILES string of the molecule is CCNC1COCC1C(=O)N(CCC(C)C)C1CCCC1. The first-order valence-corrected chi connectivity index (χ1v) is 8.75. The van der Waals surface area contributed by atoms with Crippen molar-refractivity contribution in [3.63, 3.8) is 0 Å². The van der Waals surface area contributed by atoms with Gasteiger partial charge in [0, 0.05) is 18.6 Å². The Bertz CT molecular complexity index is 327. The zero-order chi connectivity index (χ0) is 15.2. The van der Waals surface area contributed by atoms with Gasteiger partial charge < -0.3 is 15.0 Å². The highest BCUT2D eigenvalue weighted by atomic mass is 16.5. The van der Waals surface area contributed by atoms with Crippen LogP contribution in [-0.2, 0) is 9.53 Å². The average Bonchev–Trinajstić information content (AvgIpc) is 3.10. The van der Waals surface area contributed by atoms with E-state index in [1.165, 1.54) is 25.7 Å². The van der Waals surface area contributed by atoms with Gasteiger partial charge in [0.15, 0.2) is 0 Å². The maximum Gasteiger partial charge on any atom is 0.229 e. The van der Waals surface area contributed by atoms with Gasteiger partial charge in [-0.1, -0.05) is 33.6 Å². The number of hydrogen-bond acceptors (Lipinski definition) is 3. The van der Waals surface area contributed by atoms with Gasteiger partial charge in [-0.25, -0.2) is 0 Å². The zero-order valence-corrected chi connectivity index (χ0v) is 13.9. The summed E-state index contributed by atoms with van der Waals surface area (Å²) in [5.41, 5.74) is 0. The first-order chi connectivity index (χ1) is 10.1. The number of amides is 1. The van der Waals surface area contributed by atoms with Crippen LogP contribution in [0.2, 0.25) is 0 Å². The van der Waals surface area contributed by atoms with Crippen LogP contribution in [0, 0.1) is 11.8 Å². The summed E-state index contributed by atoms with van der Waals surface area (Å²) in [6.07, 6.45) is 6.01. The summed E-state index contributed by atoms with van der Waals surface area (Å²) in [4.78, 5) is 15.2. The maximum absolute atomic E-state index is 13.0. The molecule has 0 aromatic heterocycles. The van der Waals surface area contributed by atoms with Crippen molar-refractivity contribution in [3.05, 3.63) is 0 Å². The molecular formula is C17H32N2O2. The lowest BCUT2D eigenvalue weighted by molar-refractivity contribution is -0.138. The van der Waals surface area contributed by atoms with Gasteiger partial charge in [-0.15, -0.1) is 0 Å². The molecular weight excluding hydrogens is 264 g/mol. The fourth-order valence-electron chi connectivity index (χ4n) is 3.56. The number of ether oxygens (including phenoxy) is 1. The summed E-state index contributed by atoms with van der Waals surface area (Å²) in [6, 6.07) is 0.671. The molecule has 0 spiro atoms. The molecule has 4 nitrogen and oxygen atoms in total. The lowest BCUT2D eigenvalue weighted by Gasteiger charge is -2.33. The lowest BCUT2D eigenvalue weighted by atomic mass is 9.99. The Labute approximate surface area is 129 Å². The van der Waals surface area contributed by atoms with Gasteiger partial charge in [0.2, 0.25) is 5.91 Å². The van der Waals surface area contributed by atoms with Crippen molar-refractivity contribution in [2.75, 3.05) is 26.3 Å². The molecule has 1 saturated carbocycles. The smallest absolute Gasteiger partial charge is 0.229 e. The van der Waals surface area contributed by atoms with E-state index in [0.717, 1.165) is 19.5 Å². The van der Waals surface area contributed by atoms with Crippen molar-refractivity contribution in [3.8, 4) is 0 Å². The van der Waals surface area contributed by atoms with Crippen LogP contribution in [0.5, 0.6) is 0 Å². The van der Waals surface area contributed by atoms with E-state index in [-0.39, 0.29) is 12.0 Å². The second-order valence-corrected chi connectivity index (χ2v) is 6.96. The number of rotatable bonds is 7. The number of hydrogen-bond donors (Lipinski definition) is 1. The number of carbonyl (C=O) groups is 1. The van der Waals surface area contributed by atoms with Gasteiger partial charge in [0.25, 0.3) is 0 Å². The molecule has 2 aliphatic rings. The Balaban J connectivity index is 2.01. The van der Waals surface area contributed by atoms with Gasteiger partial charge in [-0.3, -0.25) is 4.79 Å². The third kappa shape index (κ3) is 4.43. The van der Waals surface area contributed by atoms with E-state index in [9.17, 15) is 4.79 Å². The van der Waals surface area contributed by atoms with E-state index in [1.54, 1.807) is 0 Å². The van der Waals surface area contributed by atoms with Crippen molar-refractivity contribution in [2.45, 2.75) is 65.0 Å². The lowest BCUT2D eigenvalue weighted by Crippen LogP contribution is -2.49. The Morgan fingerprint density at radius 2 is 2.00 bits per heavy atom. The summed E-state index contributed by atoms with van der Waals surface area (Å²) in [5, 5.41) is 3.41. The van der Waals surface area contributed by atoms with Crippen LogP contribution < -0.4 is 5.32 Å². The molecule has 122 valence electrons. The van der Waals surface area contributed by atoms with E-state index in [1.807, 2.05) is 0 Å². The highest BCUT2D eigenvalue weighted by molar-refractivity contribution is 5.80. The van der Waals surface area contributed by atoms with Crippen molar-refractivity contribution in [1.29, 1.82) is 0 Å². The summed E-state index contributed by atoms with van der Waals surface area (Å²) in [7, 11) is 0. The summed E-state index contributed by atoms with van der Waals surface area (Å²) < 4.78 is 5.57. The van der Waals surface area contributed by atoms with Crippen LogP contribution in [-0.4, -0.2) is 49.2 Å². The molecule has 1 N–H and O–H groups in total. The second kappa shape index (κ2) is 8.14. The van der Waals surface area contributed by atoms with Crippen LogP contribution in [0.4, 0.5) is 0 Å². The minimum Gasteiger partial charge on any atom is -0.379 e. The van der Waals surface area contributed by atoms with Crippen molar-refractivity contribution < 1.29 is 9.53 Å². The Morgan fingerprint density at radius 1 is 1.29 bits per heavy atom. The molecule has 2 fully saturated rings. The Morgan fingerprint density at radius 3 is 2.62 bits per heavy atom. The molecule has 21 heavy (non-hydrogen) atoms. The normalized spacial score (nSPS) is 26.7. The molecule has 2 unspecified atom stereocenters. The molecule has 1 aliphatic heterocycles. The van der Waals surface area contributed by atoms with E-state index < -0.39 is 0 Å². The molecule has 2 rings (SSSR count). The average molecular weight is 296 g/mol. The molecule has 0 aromatic rings. The first-order valence-electron chi connectivity index (χ1n) is 8.75. The largest absolute Gasteiger partial charge is 0.379 e. The fraction of sp³-hybridized carbons (Fsp3) is 0.941. The number of carbonyl (C=O) groups excluding carboxylic acids is 1. The number of nitrogens with one attached hydrogen (secondary N) is 1. The van der Waals surface area contributed by atoms with Gasteiger partial charge in [0.1, 0.15) is 0 Å². The van der Waals surface area contributed by atoms with E-state index in [0.29, 0.717) is 31.1 Å². The first kappa shape index (κ1) is 16.8. The second-order valence-electron chi connectivity index (χ2n) is 6.96. The van der Waals surface area contributed by atoms with E-state index in [4.69, 9.17) is 4.74 Å². The predicted molar refractivity (Wildman–Crippen MR) is 85.2 cm³/mol. The molecule has 0 radical (unpaired) electrons. The van der Waals surface area contributed by atoms with Crippen molar-refractivity contribution >= 4 is 5.91 Å². The van der Waals surface area contributed by atoms with Crippen molar-refractivity contribution in [2.24, 2.45) is 11.8 Å². The monoisotopic (exact) mass is 296 g/mol. The highest BCUT2D eigenvalue weighted by Gasteiger charge is 2.38. The number of nitrogens with zero attached hydrogens (tertiary/aromatic N) is 1. The maximum atomic E-state index is 13.0. The molecule has 0 bridgehead atoms. The van der Waals surface area contributed by atoms with Crippen LogP contribution in [0.1, 0.15) is 52.9 Å². The Kier molecular flexibility index (Phi) is 6.49.